The van der Waals surface area contributed by atoms with E-state index in [1.807, 2.05) is 13.8 Å². The van der Waals surface area contributed by atoms with Gasteiger partial charge in [0.05, 0.1) is 0 Å². The van der Waals surface area contributed by atoms with Crippen LogP contribution in [0.5, 0.6) is 0 Å². The molecule has 0 aliphatic rings. The molecule has 0 spiro atoms. The largest absolute Gasteiger partial charge is 0.329 e. The molecular weight excluding hydrogens is 268 g/mol. The molecule has 0 aliphatic heterocycles. The van der Waals surface area contributed by atoms with Gasteiger partial charge < -0.3 is 5.73 Å². The molecule has 0 unspecified atom stereocenters. The molecule has 0 saturated carbocycles. The molecule has 4 nitrogen and oxygen atoms in total. The number of hydrogen-bond donors (Lipinski definition) is 2. The van der Waals surface area contributed by atoms with Gasteiger partial charge in [0.15, 0.2) is 0 Å². The highest BCUT2D eigenvalue weighted by atomic mass is 35.5. The Morgan fingerprint density at radius 1 is 1.50 bits per heavy atom. The van der Waals surface area contributed by atoms with Crippen LogP contribution in [0.25, 0.3) is 0 Å². The summed E-state index contributed by atoms with van der Waals surface area (Å²) < 4.78 is 26.5. The Labute approximate surface area is 107 Å². The van der Waals surface area contributed by atoms with Gasteiger partial charge in [-0.15, -0.1) is 23.7 Å². The number of halogens is 1. The molecule has 0 fully saturated rings. The molecule has 7 heteroatoms. The highest BCUT2D eigenvalue weighted by Crippen LogP contribution is 2.24. The molecule has 0 aromatic carbocycles. The van der Waals surface area contributed by atoms with Gasteiger partial charge in [-0.25, -0.2) is 13.1 Å². The first-order valence-electron chi connectivity index (χ1n) is 4.66. The molecule has 1 heterocycles. The molecular formula is C9H17ClN2O2S2. The molecule has 3 N–H and O–H groups in total. The van der Waals surface area contributed by atoms with Gasteiger partial charge in [-0.1, -0.05) is 0 Å². The van der Waals surface area contributed by atoms with Crippen LogP contribution in [0, 0.1) is 13.8 Å². The summed E-state index contributed by atoms with van der Waals surface area (Å²) >= 11 is 1.28. The average molecular weight is 285 g/mol. The summed E-state index contributed by atoms with van der Waals surface area (Å²) in [7, 11) is -3.38. The van der Waals surface area contributed by atoms with Crippen molar-refractivity contribution in [3.8, 4) is 0 Å². The van der Waals surface area contributed by atoms with Crippen LogP contribution in [0.1, 0.15) is 17.4 Å². The Kier molecular flexibility index (Phi) is 5.92. The van der Waals surface area contributed by atoms with Crippen molar-refractivity contribution in [3.05, 3.63) is 16.5 Å². The maximum atomic E-state index is 11.8. The van der Waals surface area contributed by atoms with Crippen LogP contribution in [0.2, 0.25) is 0 Å². The van der Waals surface area contributed by atoms with E-state index in [1.165, 1.54) is 11.3 Å². The van der Waals surface area contributed by atoms with Crippen LogP contribution in [0.3, 0.4) is 0 Å². The minimum atomic E-state index is -3.38. The SMILES string of the molecule is Cc1cc(S(=O)(=O)N[C@@H](C)CN)sc1C.Cl. The minimum absolute atomic E-state index is 0. The number of rotatable bonds is 4. The van der Waals surface area contributed by atoms with Gasteiger partial charge in [-0.2, -0.15) is 0 Å². The summed E-state index contributed by atoms with van der Waals surface area (Å²) in [6, 6.07) is 1.45. The van der Waals surface area contributed by atoms with Crippen LogP contribution >= 0.6 is 23.7 Å². The van der Waals surface area contributed by atoms with Gasteiger partial charge in [0, 0.05) is 17.5 Å². The van der Waals surface area contributed by atoms with Crippen LogP contribution in [0.4, 0.5) is 0 Å². The van der Waals surface area contributed by atoms with Crippen LogP contribution in [-0.2, 0) is 10.0 Å². The van der Waals surface area contributed by atoms with Gasteiger partial charge in [-0.05, 0) is 32.4 Å². The van der Waals surface area contributed by atoms with Crippen molar-refractivity contribution in [1.82, 2.24) is 4.72 Å². The van der Waals surface area contributed by atoms with E-state index >= 15 is 0 Å². The van der Waals surface area contributed by atoms with E-state index in [0.717, 1.165) is 10.4 Å². The fourth-order valence-corrected chi connectivity index (χ4v) is 3.83. The quantitative estimate of drug-likeness (QED) is 0.878. The number of sulfonamides is 1. The Bertz CT molecular complexity index is 423. The van der Waals surface area contributed by atoms with Crippen LogP contribution in [0.15, 0.2) is 10.3 Å². The van der Waals surface area contributed by atoms with E-state index in [1.54, 1.807) is 13.0 Å². The van der Waals surface area contributed by atoms with Crippen molar-refractivity contribution in [3.63, 3.8) is 0 Å². The third kappa shape index (κ3) is 3.71. The molecule has 1 atom stereocenters. The van der Waals surface area contributed by atoms with Gasteiger partial charge in [-0.3, -0.25) is 0 Å². The predicted octanol–water partition coefficient (Wildman–Crippen LogP) is 1.41. The minimum Gasteiger partial charge on any atom is -0.329 e. The Hall–Kier alpha value is -0.140. The highest BCUT2D eigenvalue weighted by Gasteiger charge is 2.19. The number of aryl methyl sites for hydroxylation is 2. The summed E-state index contributed by atoms with van der Waals surface area (Å²) in [6.07, 6.45) is 0. The summed E-state index contributed by atoms with van der Waals surface area (Å²) in [5.41, 5.74) is 6.37. The van der Waals surface area contributed by atoms with Crippen molar-refractivity contribution in [2.75, 3.05) is 6.54 Å². The predicted molar refractivity (Wildman–Crippen MR) is 69.9 cm³/mol. The molecule has 0 aliphatic carbocycles. The third-order valence-corrected chi connectivity index (χ3v) is 5.33. The first kappa shape index (κ1) is 15.9. The molecule has 94 valence electrons. The first-order chi connectivity index (χ1) is 6.86. The summed E-state index contributed by atoms with van der Waals surface area (Å²) in [6.45, 7) is 5.84. The van der Waals surface area contributed by atoms with E-state index in [0.29, 0.717) is 10.8 Å². The first-order valence-corrected chi connectivity index (χ1v) is 6.96. The maximum Gasteiger partial charge on any atom is 0.250 e. The second-order valence-corrected chi connectivity index (χ2v) is 6.76. The number of nitrogens with one attached hydrogen (secondary N) is 1. The lowest BCUT2D eigenvalue weighted by atomic mass is 10.3. The zero-order valence-corrected chi connectivity index (χ0v) is 11.9. The molecule has 16 heavy (non-hydrogen) atoms. The van der Waals surface area contributed by atoms with Gasteiger partial charge in [0.25, 0.3) is 0 Å². The Morgan fingerprint density at radius 2 is 2.06 bits per heavy atom. The van der Waals surface area contributed by atoms with E-state index < -0.39 is 10.0 Å². The molecule has 1 aromatic heterocycles. The summed E-state index contributed by atoms with van der Waals surface area (Å²) in [5, 5.41) is 0. The Balaban J connectivity index is 0.00000225. The number of nitrogens with two attached hydrogens (primary N) is 1. The highest BCUT2D eigenvalue weighted by molar-refractivity contribution is 7.91. The smallest absolute Gasteiger partial charge is 0.250 e. The maximum absolute atomic E-state index is 11.8. The number of hydrogen-bond acceptors (Lipinski definition) is 4. The summed E-state index contributed by atoms with van der Waals surface area (Å²) in [5.74, 6) is 0. The van der Waals surface area contributed by atoms with Crippen molar-refractivity contribution in [1.29, 1.82) is 0 Å². The lowest BCUT2D eigenvalue weighted by molar-refractivity contribution is 0.564. The molecule has 0 amide bonds. The van der Waals surface area contributed by atoms with Gasteiger partial charge in [0.2, 0.25) is 10.0 Å². The second-order valence-electron chi connectivity index (χ2n) is 3.56. The van der Waals surface area contributed by atoms with E-state index in [4.69, 9.17) is 5.73 Å². The van der Waals surface area contributed by atoms with Crippen molar-refractivity contribution in [2.45, 2.75) is 31.0 Å². The summed E-state index contributed by atoms with van der Waals surface area (Å²) in [4.78, 5) is 1.02. The van der Waals surface area contributed by atoms with Crippen molar-refractivity contribution >= 4 is 33.8 Å². The normalized spacial score (nSPS) is 13.2. The topological polar surface area (TPSA) is 72.2 Å². The molecule has 0 saturated heterocycles. The van der Waals surface area contributed by atoms with Gasteiger partial charge >= 0.3 is 0 Å². The monoisotopic (exact) mass is 284 g/mol. The standard InChI is InChI=1S/C9H16N2O2S2.ClH/c1-6-4-9(14-8(6)3)15(12,13)11-7(2)5-10;/h4,7,11H,5,10H2,1-3H3;1H/t7-;/m0./s1. The van der Waals surface area contributed by atoms with Crippen molar-refractivity contribution < 1.29 is 8.42 Å². The zero-order valence-electron chi connectivity index (χ0n) is 9.48. The average Bonchev–Trinajstić information content (AvgIpc) is 2.47. The Morgan fingerprint density at radius 3 is 2.44 bits per heavy atom. The third-order valence-electron chi connectivity index (χ3n) is 2.12. The fourth-order valence-electron chi connectivity index (χ4n) is 1.04. The lowest BCUT2D eigenvalue weighted by Crippen LogP contribution is -2.37. The molecule has 1 aromatic rings. The van der Waals surface area contributed by atoms with E-state index in [9.17, 15) is 8.42 Å². The van der Waals surface area contributed by atoms with Crippen molar-refractivity contribution in [2.24, 2.45) is 5.73 Å². The lowest BCUT2D eigenvalue weighted by Gasteiger charge is -2.10. The van der Waals surface area contributed by atoms with Gasteiger partial charge in [0.1, 0.15) is 4.21 Å². The van der Waals surface area contributed by atoms with Crippen LogP contribution < -0.4 is 10.5 Å². The molecule has 1 rings (SSSR count). The molecule has 0 bridgehead atoms. The second kappa shape index (κ2) is 5.97. The molecule has 0 radical (unpaired) electrons. The van der Waals surface area contributed by atoms with E-state index in [-0.39, 0.29) is 18.4 Å². The zero-order chi connectivity index (χ0) is 11.6. The number of thiophene rings is 1. The van der Waals surface area contributed by atoms with E-state index in [2.05, 4.69) is 4.72 Å². The van der Waals surface area contributed by atoms with Crippen LogP contribution in [-0.4, -0.2) is 21.0 Å². The fraction of sp³-hybridized carbons (Fsp3) is 0.556.